The monoisotopic (exact) mass is 298 g/mol. The van der Waals surface area contributed by atoms with Crippen LogP contribution >= 0.6 is 0 Å². The second-order valence-electron chi connectivity index (χ2n) is 6.00. The van der Waals surface area contributed by atoms with E-state index in [1.165, 1.54) is 0 Å². The van der Waals surface area contributed by atoms with Crippen LogP contribution in [0.5, 0.6) is 0 Å². The summed E-state index contributed by atoms with van der Waals surface area (Å²) in [7, 11) is 0. The third-order valence-corrected chi connectivity index (χ3v) is 4.70. The van der Waals surface area contributed by atoms with E-state index in [4.69, 9.17) is 4.74 Å². The van der Waals surface area contributed by atoms with E-state index < -0.39 is 17.4 Å². The summed E-state index contributed by atoms with van der Waals surface area (Å²) in [6, 6.07) is -0.351. The second kappa shape index (κ2) is 6.75. The van der Waals surface area contributed by atoms with Crippen LogP contribution in [0, 0.1) is 5.92 Å². The first-order chi connectivity index (χ1) is 10.1. The van der Waals surface area contributed by atoms with Gasteiger partial charge in [-0.05, 0) is 32.7 Å². The lowest BCUT2D eigenvalue weighted by Crippen LogP contribution is -2.59. The number of rotatable bonds is 6. The van der Waals surface area contributed by atoms with E-state index in [2.05, 4.69) is 12.2 Å². The molecule has 2 aliphatic rings. The Hall–Kier alpha value is -1.14. The molecular formula is C15H26N2O4. The first-order valence-corrected chi connectivity index (χ1v) is 7.92. The third kappa shape index (κ3) is 3.06. The number of likely N-dealkylation sites (N-methyl/N-ethyl adjacent to an activating group) is 1. The van der Waals surface area contributed by atoms with Gasteiger partial charge in [-0.3, -0.25) is 9.59 Å². The van der Waals surface area contributed by atoms with Crippen LogP contribution in [0.15, 0.2) is 0 Å². The molecule has 2 fully saturated rings. The molecule has 0 spiro atoms. The number of nitrogens with one attached hydrogen (secondary N) is 1. The van der Waals surface area contributed by atoms with Crippen molar-refractivity contribution >= 4 is 11.9 Å². The Bertz CT molecular complexity index is 393. The highest BCUT2D eigenvalue weighted by atomic mass is 16.5. The molecule has 6 nitrogen and oxygen atoms in total. The Morgan fingerprint density at radius 3 is 2.67 bits per heavy atom. The number of aliphatic carboxylic acids is 1. The Morgan fingerprint density at radius 2 is 2.14 bits per heavy atom. The maximum atomic E-state index is 13.1. The Balaban J connectivity index is 2.19. The highest BCUT2D eigenvalue weighted by Crippen LogP contribution is 2.30. The summed E-state index contributed by atoms with van der Waals surface area (Å²) in [5.41, 5.74) is -0.504. The SMILES string of the molecule is CCCC1(C(=O)N(CC)C2COCC2C(=O)O)CCCN1. The van der Waals surface area contributed by atoms with Crippen LogP contribution in [0.2, 0.25) is 0 Å². The fraction of sp³-hybridized carbons (Fsp3) is 0.867. The molecule has 3 unspecified atom stereocenters. The number of carboxylic acids is 1. The predicted octanol–water partition coefficient (Wildman–Crippen LogP) is 0.857. The fourth-order valence-corrected chi connectivity index (χ4v) is 3.63. The first kappa shape index (κ1) is 16.2. The van der Waals surface area contributed by atoms with Crippen molar-refractivity contribution in [1.82, 2.24) is 10.2 Å². The summed E-state index contributed by atoms with van der Waals surface area (Å²) >= 11 is 0. The summed E-state index contributed by atoms with van der Waals surface area (Å²) < 4.78 is 5.32. The molecule has 0 aromatic heterocycles. The number of hydrogen-bond acceptors (Lipinski definition) is 4. The third-order valence-electron chi connectivity index (χ3n) is 4.70. The van der Waals surface area contributed by atoms with Crippen molar-refractivity contribution < 1.29 is 19.4 Å². The van der Waals surface area contributed by atoms with Gasteiger partial charge in [-0.1, -0.05) is 13.3 Å². The number of hydrogen-bond donors (Lipinski definition) is 2. The molecule has 1 amide bonds. The standard InChI is InChI=1S/C15H26N2O4/c1-3-6-15(7-5-8-16-15)14(20)17(4-2)12-10-21-9-11(12)13(18)19/h11-12,16H,3-10H2,1-2H3,(H,18,19). The van der Waals surface area contributed by atoms with E-state index in [1.807, 2.05) is 6.92 Å². The van der Waals surface area contributed by atoms with Gasteiger partial charge in [0.1, 0.15) is 5.92 Å². The molecule has 0 bridgehead atoms. The van der Waals surface area contributed by atoms with Crippen molar-refractivity contribution in [3.63, 3.8) is 0 Å². The van der Waals surface area contributed by atoms with E-state index in [9.17, 15) is 14.7 Å². The molecule has 0 aromatic carbocycles. The van der Waals surface area contributed by atoms with Crippen LogP contribution in [-0.2, 0) is 14.3 Å². The van der Waals surface area contributed by atoms with Crippen molar-refractivity contribution in [3.05, 3.63) is 0 Å². The predicted molar refractivity (Wildman–Crippen MR) is 78.0 cm³/mol. The molecule has 0 aliphatic carbocycles. The van der Waals surface area contributed by atoms with Crippen molar-refractivity contribution in [2.75, 3.05) is 26.3 Å². The smallest absolute Gasteiger partial charge is 0.311 e. The molecule has 0 aromatic rings. The van der Waals surface area contributed by atoms with E-state index in [-0.39, 0.29) is 18.6 Å². The summed E-state index contributed by atoms with van der Waals surface area (Å²) in [5.74, 6) is -1.45. The van der Waals surface area contributed by atoms with Crippen LogP contribution < -0.4 is 5.32 Å². The summed E-state index contributed by atoms with van der Waals surface area (Å²) in [6.45, 7) is 5.86. The maximum absolute atomic E-state index is 13.1. The normalized spacial score (nSPS) is 32.3. The van der Waals surface area contributed by atoms with Gasteiger partial charge in [-0.2, -0.15) is 0 Å². The van der Waals surface area contributed by atoms with Gasteiger partial charge in [-0.15, -0.1) is 0 Å². The summed E-state index contributed by atoms with van der Waals surface area (Å²) in [6.07, 6.45) is 3.56. The van der Waals surface area contributed by atoms with Gasteiger partial charge in [0.2, 0.25) is 5.91 Å². The van der Waals surface area contributed by atoms with Gasteiger partial charge in [0.15, 0.2) is 0 Å². The minimum absolute atomic E-state index is 0.0473. The van der Waals surface area contributed by atoms with Crippen LogP contribution in [0.1, 0.15) is 39.5 Å². The zero-order valence-electron chi connectivity index (χ0n) is 12.9. The van der Waals surface area contributed by atoms with E-state index in [0.717, 1.165) is 32.2 Å². The molecule has 120 valence electrons. The van der Waals surface area contributed by atoms with Gasteiger partial charge in [0.25, 0.3) is 0 Å². The minimum Gasteiger partial charge on any atom is -0.481 e. The quantitative estimate of drug-likeness (QED) is 0.760. The molecule has 0 saturated carbocycles. The number of carboxylic acid groups (broad SMARTS) is 1. The topological polar surface area (TPSA) is 78.9 Å². The molecule has 2 saturated heterocycles. The molecule has 2 rings (SSSR count). The highest BCUT2D eigenvalue weighted by molar-refractivity contribution is 5.87. The molecule has 21 heavy (non-hydrogen) atoms. The summed E-state index contributed by atoms with van der Waals surface area (Å²) in [4.78, 5) is 26.1. The highest BCUT2D eigenvalue weighted by Gasteiger charge is 2.47. The fourth-order valence-electron chi connectivity index (χ4n) is 3.63. The number of nitrogens with zero attached hydrogens (tertiary/aromatic N) is 1. The van der Waals surface area contributed by atoms with Crippen molar-refractivity contribution in [2.45, 2.75) is 51.1 Å². The molecule has 6 heteroatoms. The first-order valence-electron chi connectivity index (χ1n) is 7.92. The van der Waals surface area contributed by atoms with Gasteiger partial charge >= 0.3 is 5.97 Å². The van der Waals surface area contributed by atoms with Crippen molar-refractivity contribution in [1.29, 1.82) is 0 Å². The van der Waals surface area contributed by atoms with E-state index >= 15 is 0 Å². The van der Waals surface area contributed by atoms with Crippen LogP contribution in [0.3, 0.4) is 0 Å². The van der Waals surface area contributed by atoms with Crippen LogP contribution in [0.25, 0.3) is 0 Å². The zero-order chi connectivity index (χ0) is 15.5. The van der Waals surface area contributed by atoms with Gasteiger partial charge in [0, 0.05) is 6.54 Å². The molecular weight excluding hydrogens is 272 g/mol. The lowest BCUT2D eigenvalue weighted by Gasteiger charge is -2.38. The zero-order valence-corrected chi connectivity index (χ0v) is 12.9. The minimum atomic E-state index is -0.882. The number of carbonyl (C=O) groups excluding carboxylic acids is 1. The maximum Gasteiger partial charge on any atom is 0.311 e. The molecule has 2 aliphatic heterocycles. The largest absolute Gasteiger partial charge is 0.481 e. The lowest BCUT2D eigenvalue weighted by molar-refractivity contribution is -0.147. The average Bonchev–Trinajstić information content (AvgIpc) is 3.09. The number of carbonyl (C=O) groups is 2. The second-order valence-corrected chi connectivity index (χ2v) is 6.00. The van der Waals surface area contributed by atoms with Crippen molar-refractivity contribution in [3.8, 4) is 0 Å². The Morgan fingerprint density at radius 1 is 1.38 bits per heavy atom. The Labute approximate surface area is 125 Å². The van der Waals surface area contributed by atoms with E-state index in [1.54, 1.807) is 4.90 Å². The number of amides is 1. The van der Waals surface area contributed by atoms with Crippen molar-refractivity contribution in [2.24, 2.45) is 5.92 Å². The Kier molecular flexibility index (Phi) is 5.22. The van der Waals surface area contributed by atoms with Crippen LogP contribution in [-0.4, -0.2) is 59.8 Å². The summed E-state index contributed by atoms with van der Waals surface area (Å²) in [5, 5.41) is 12.7. The average molecular weight is 298 g/mol. The van der Waals surface area contributed by atoms with Gasteiger partial charge in [0.05, 0.1) is 24.8 Å². The molecule has 0 radical (unpaired) electrons. The van der Waals surface area contributed by atoms with Gasteiger partial charge in [-0.25, -0.2) is 0 Å². The van der Waals surface area contributed by atoms with Gasteiger partial charge < -0.3 is 20.1 Å². The van der Waals surface area contributed by atoms with E-state index in [0.29, 0.717) is 13.2 Å². The number of ether oxygens (including phenoxy) is 1. The lowest BCUT2D eigenvalue weighted by atomic mass is 9.88. The van der Waals surface area contributed by atoms with Crippen LogP contribution in [0.4, 0.5) is 0 Å². The molecule has 2 heterocycles. The molecule has 3 atom stereocenters. The molecule has 2 N–H and O–H groups in total.